The number of furan rings is 2. The largest absolute Gasteiger partial charge is 0.461 e. The van der Waals surface area contributed by atoms with E-state index >= 15 is 0 Å². The van der Waals surface area contributed by atoms with Crippen molar-refractivity contribution in [3.8, 4) is 0 Å². The van der Waals surface area contributed by atoms with E-state index in [0.29, 0.717) is 5.56 Å². The molecule has 0 saturated heterocycles. The summed E-state index contributed by atoms with van der Waals surface area (Å²) in [6.45, 7) is 6.85. The monoisotopic (exact) mass is 380 g/mol. The lowest BCUT2D eigenvalue weighted by molar-refractivity contribution is 0.112. The quantitative estimate of drug-likeness (QED) is 0.381. The van der Waals surface area contributed by atoms with Gasteiger partial charge in [0.15, 0.2) is 6.29 Å². The van der Waals surface area contributed by atoms with E-state index < -0.39 is 0 Å². The molecule has 28 heavy (non-hydrogen) atoms. The van der Waals surface area contributed by atoms with Gasteiger partial charge < -0.3 is 13.6 Å². The number of hydrogen-bond acceptors (Lipinski definition) is 4. The number of hydrogen-bond donors (Lipinski definition) is 0. The first-order valence-corrected chi connectivity index (χ1v) is 9.60. The lowest BCUT2D eigenvalue weighted by atomic mass is 10.1. The molecule has 4 rings (SSSR count). The first-order chi connectivity index (χ1) is 13.7. The van der Waals surface area contributed by atoms with Crippen molar-refractivity contribution in [1.29, 1.82) is 0 Å². The molecule has 0 aliphatic rings. The molecule has 0 atom stereocenters. The summed E-state index contributed by atoms with van der Waals surface area (Å²) in [4.78, 5) is 10.8. The van der Waals surface area contributed by atoms with E-state index in [9.17, 15) is 4.79 Å². The molecule has 0 N–H and O–H groups in total. The van der Waals surface area contributed by atoms with Crippen LogP contribution in [0.2, 0.25) is 0 Å². The van der Waals surface area contributed by atoms with Crippen LogP contribution in [0.25, 0.3) is 21.9 Å². The number of benzene rings is 2. The molecule has 2 heterocycles. The second-order valence-corrected chi connectivity index (χ2v) is 6.09. The molecule has 0 radical (unpaired) electrons. The number of rotatable bonds is 4. The molecule has 0 fully saturated rings. The van der Waals surface area contributed by atoms with Crippen LogP contribution in [-0.4, -0.2) is 20.0 Å². The van der Waals surface area contributed by atoms with Crippen molar-refractivity contribution in [3.63, 3.8) is 0 Å². The Labute approximate surface area is 166 Å². The average molecular weight is 380 g/mol. The maximum absolute atomic E-state index is 10.8. The fourth-order valence-corrected chi connectivity index (χ4v) is 2.72. The lowest BCUT2D eigenvalue weighted by Crippen LogP contribution is -1.83. The molecule has 2 aromatic heterocycles. The second-order valence-electron chi connectivity index (χ2n) is 6.09. The van der Waals surface area contributed by atoms with Gasteiger partial charge in [-0.05, 0) is 25.1 Å². The highest BCUT2D eigenvalue weighted by Gasteiger charge is 2.10. The predicted octanol–water partition coefficient (Wildman–Crippen LogP) is 6.46. The summed E-state index contributed by atoms with van der Waals surface area (Å²) in [5.74, 6) is 1.84. The van der Waals surface area contributed by atoms with Crippen molar-refractivity contribution in [3.05, 3.63) is 71.7 Å². The SMILES string of the molecule is CCOC.CCc1cc2ccccc2o1.CCc1oc2ccccc2c1C=O. The van der Waals surface area contributed by atoms with Crippen molar-refractivity contribution >= 4 is 28.2 Å². The van der Waals surface area contributed by atoms with Crippen LogP contribution >= 0.6 is 0 Å². The van der Waals surface area contributed by atoms with Crippen molar-refractivity contribution < 1.29 is 18.4 Å². The molecule has 148 valence electrons. The smallest absolute Gasteiger partial charge is 0.154 e. The Morgan fingerprint density at radius 2 is 1.54 bits per heavy atom. The molecule has 0 aliphatic carbocycles. The topological polar surface area (TPSA) is 52.6 Å². The van der Waals surface area contributed by atoms with Crippen LogP contribution in [0.3, 0.4) is 0 Å². The number of fused-ring (bicyclic) bond motifs is 2. The third kappa shape index (κ3) is 5.33. The van der Waals surface area contributed by atoms with Gasteiger partial charge in [-0.1, -0.05) is 50.2 Å². The molecule has 0 saturated carbocycles. The zero-order valence-corrected chi connectivity index (χ0v) is 17.0. The average Bonchev–Trinajstić information content (AvgIpc) is 3.34. The van der Waals surface area contributed by atoms with Gasteiger partial charge >= 0.3 is 0 Å². The second kappa shape index (κ2) is 11.1. The van der Waals surface area contributed by atoms with Gasteiger partial charge in [0.2, 0.25) is 0 Å². The predicted molar refractivity (Wildman–Crippen MR) is 114 cm³/mol. The summed E-state index contributed by atoms with van der Waals surface area (Å²) in [6, 6.07) is 17.8. The van der Waals surface area contributed by atoms with E-state index in [1.54, 1.807) is 7.11 Å². The molecule has 0 spiro atoms. The van der Waals surface area contributed by atoms with Crippen LogP contribution in [0, 0.1) is 0 Å². The first-order valence-electron chi connectivity index (χ1n) is 9.60. The molecule has 0 unspecified atom stereocenters. The lowest BCUT2D eigenvalue weighted by Gasteiger charge is -1.87. The summed E-state index contributed by atoms with van der Waals surface area (Å²) in [5.41, 5.74) is 2.48. The van der Waals surface area contributed by atoms with Gasteiger partial charge in [0, 0.05) is 37.3 Å². The van der Waals surface area contributed by atoms with Crippen molar-refractivity contribution in [2.45, 2.75) is 33.6 Å². The number of methoxy groups -OCH3 is 1. The van der Waals surface area contributed by atoms with Crippen LogP contribution in [0.1, 0.15) is 42.6 Å². The van der Waals surface area contributed by atoms with Crippen molar-refractivity contribution in [2.24, 2.45) is 0 Å². The van der Waals surface area contributed by atoms with Gasteiger partial charge in [-0.2, -0.15) is 0 Å². The van der Waals surface area contributed by atoms with E-state index in [1.165, 1.54) is 5.39 Å². The Morgan fingerprint density at radius 1 is 0.893 bits per heavy atom. The van der Waals surface area contributed by atoms with Crippen LogP contribution in [-0.2, 0) is 17.6 Å². The van der Waals surface area contributed by atoms with Crippen LogP contribution in [0.5, 0.6) is 0 Å². The minimum absolute atomic E-state index is 0.693. The number of aryl methyl sites for hydroxylation is 2. The van der Waals surface area contributed by atoms with Gasteiger partial charge in [0.1, 0.15) is 22.7 Å². The molecule has 4 heteroatoms. The summed E-state index contributed by atoms with van der Waals surface area (Å²) in [7, 11) is 1.68. The highest BCUT2D eigenvalue weighted by atomic mass is 16.5. The standard InChI is InChI=1S/C11H10O2.C10H10O.C3H8O/c1-2-10-9(7-12)8-5-3-4-6-11(8)13-10;1-2-9-7-8-5-3-4-6-10(8)11-9;1-3-4-2/h3-7H,2H2,1H3;3-7H,2H2,1H3;3H2,1-2H3. The highest BCUT2D eigenvalue weighted by Crippen LogP contribution is 2.24. The molecule has 0 amide bonds. The van der Waals surface area contributed by atoms with Gasteiger partial charge in [-0.25, -0.2) is 0 Å². The zero-order chi connectivity index (χ0) is 20.4. The van der Waals surface area contributed by atoms with Gasteiger partial charge in [-0.15, -0.1) is 0 Å². The first kappa shape index (κ1) is 21.5. The minimum atomic E-state index is 0.693. The number of aldehydes is 1. The van der Waals surface area contributed by atoms with Gasteiger partial charge in [0.25, 0.3) is 0 Å². The Bertz CT molecular complexity index is 959. The van der Waals surface area contributed by atoms with E-state index in [-0.39, 0.29) is 0 Å². The highest BCUT2D eigenvalue weighted by molar-refractivity contribution is 5.97. The van der Waals surface area contributed by atoms with Crippen LogP contribution in [0.15, 0.2) is 63.4 Å². The Kier molecular flexibility index (Phi) is 8.50. The van der Waals surface area contributed by atoms with Gasteiger partial charge in [0.05, 0.1) is 5.56 Å². The molecule has 0 aliphatic heterocycles. The maximum atomic E-state index is 10.8. The number of carbonyl (C=O) groups is 1. The summed E-state index contributed by atoms with van der Waals surface area (Å²) >= 11 is 0. The summed E-state index contributed by atoms with van der Waals surface area (Å²) in [5, 5.41) is 2.11. The Morgan fingerprint density at radius 3 is 2.11 bits per heavy atom. The fourth-order valence-electron chi connectivity index (χ4n) is 2.72. The number of carbonyl (C=O) groups excluding carboxylic acids is 1. The Balaban J connectivity index is 0.000000171. The molecule has 0 bridgehead atoms. The normalized spacial score (nSPS) is 10.1. The van der Waals surface area contributed by atoms with Crippen LogP contribution in [0.4, 0.5) is 0 Å². The van der Waals surface area contributed by atoms with Crippen molar-refractivity contribution in [2.75, 3.05) is 13.7 Å². The third-order valence-corrected chi connectivity index (χ3v) is 4.26. The van der Waals surface area contributed by atoms with Crippen LogP contribution < -0.4 is 0 Å². The molecular weight excluding hydrogens is 352 g/mol. The van der Waals surface area contributed by atoms with E-state index in [1.807, 2.05) is 56.3 Å². The van der Waals surface area contributed by atoms with E-state index in [4.69, 9.17) is 8.83 Å². The number of ether oxygens (including phenoxy) is 1. The van der Waals surface area contributed by atoms with Crippen molar-refractivity contribution in [1.82, 2.24) is 0 Å². The number of para-hydroxylation sites is 2. The third-order valence-electron chi connectivity index (χ3n) is 4.26. The molecule has 4 nitrogen and oxygen atoms in total. The molecule has 2 aromatic carbocycles. The van der Waals surface area contributed by atoms with E-state index in [0.717, 1.165) is 53.8 Å². The van der Waals surface area contributed by atoms with E-state index in [2.05, 4.69) is 23.8 Å². The summed E-state index contributed by atoms with van der Waals surface area (Å²) < 4.78 is 15.6. The maximum Gasteiger partial charge on any atom is 0.154 e. The summed E-state index contributed by atoms with van der Waals surface area (Å²) in [6.07, 6.45) is 2.59. The minimum Gasteiger partial charge on any atom is -0.461 e. The zero-order valence-electron chi connectivity index (χ0n) is 17.0. The van der Waals surface area contributed by atoms with Gasteiger partial charge in [-0.3, -0.25) is 4.79 Å². The fraction of sp³-hybridized carbons (Fsp3) is 0.292. The molecule has 4 aromatic rings. The molecular formula is C24H28O4. The Hall–Kier alpha value is -2.85.